The topological polar surface area (TPSA) is 85.8 Å². The van der Waals surface area contributed by atoms with Gasteiger partial charge >= 0.3 is 0 Å². The van der Waals surface area contributed by atoms with E-state index in [-0.39, 0.29) is 11.4 Å². The molecule has 2 aromatic heterocycles. The Hall–Kier alpha value is -2.44. The van der Waals surface area contributed by atoms with Gasteiger partial charge in [0, 0.05) is 19.4 Å². The van der Waals surface area contributed by atoms with Crippen molar-refractivity contribution in [1.82, 2.24) is 14.8 Å². The van der Waals surface area contributed by atoms with E-state index in [1.54, 1.807) is 24.9 Å². The van der Waals surface area contributed by atoms with E-state index in [1.807, 2.05) is 0 Å². The maximum Gasteiger partial charge on any atom is 0.258 e. The fourth-order valence-electron chi connectivity index (χ4n) is 1.55. The Morgan fingerprint density at radius 1 is 1.56 bits per heavy atom. The lowest BCUT2D eigenvalue weighted by Crippen LogP contribution is -2.15. The third-order valence-electron chi connectivity index (χ3n) is 2.42. The van der Waals surface area contributed by atoms with Gasteiger partial charge in [-0.1, -0.05) is 0 Å². The molecule has 0 aromatic carbocycles. The van der Waals surface area contributed by atoms with Crippen molar-refractivity contribution in [2.75, 3.05) is 11.1 Å². The van der Waals surface area contributed by atoms with Crippen LogP contribution >= 0.6 is 0 Å². The molecule has 18 heavy (non-hydrogen) atoms. The predicted molar refractivity (Wildman–Crippen MR) is 64.5 cm³/mol. The summed E-state index contributed by atoms with van der Waals surface area (Å²) in [5.41, 5.74) is 6.33. The smallest absolute Gasteiger partial charge is 0.258 e. The summed E-state index contributed by atoms with van der Waals surface area (Å²) in [6.45, 7) is 1.74. The Morgan fingerprint density at radius 2 is 2.28 bits per heavy atom. The number of halogens is 1. The number of aryl methyl sites for hydroxylation is 2. The van der Waals surface area contributed by atoms with Gasteiger partial charge in [0.2, 0.25) is 0 Å². The molecule has 2 heterocycles. The van der Waals surface area contributed by atoms with E-state index < -0.39 is 11.7 Å². The van der Waals surface area contributed by atoms with Gasteiger partial charge in [0.25, 0.3) is 5.91 Å². The van der Waals surface area contributed by atoms with Gasteiger partial charge in [0.05, 0.1) is 16.9 Å². The fourth-order valence-corrected chi connectivity index (χ4v) is 1.55. The zero-order chi connectivity index (χ0) is 13.3. The Bertz CT molecular complexity index is 607. The molecule has 0 saturated carbocycles. The number of nitrogens with one attached hydrogen (secondary N) is 1. The molecule has 7 heteroatoms. The highest BCUT2D eigenvalue weighted by Crippen LogP contribution is 2.16. The van der Waals surface area contributed by atoms with Gasteiger partial charge in [-0.15, -0.1) is 0 Å². The quantitative estimate of drug-likeness (QED) is 0.834. The van der Waals surface area contributed by atoms with Gasteiger partial charge in [0.15, 0.2) is 11.6 Å². The van der Waals surface area contributed by atoms with E-state index in [0.29, 0.717) is 11.4 Å². The number of anilines is 2. The summed E-state index contributed by atoms with van der Waals surface area (Å²) in [6, 6.07) is 1.27. The lowest BCUT2D eigenvalue weighted by atomic mass is 10.2. The van der Waals surface area contributed by atoms with Crippen LogP contribution in [-0.2, 0) is 7.05 Å². The predicted octanol–water partition coefficient (Wildman–Crippen LogP) is 1.10. The van der Waals surface area contributed by atoms with Crippen LogP contribution in [0.2, 0.25) is 0 Å². The van der Waals surface area contributed by atoms with E-state index in [1.165, 1.54) is 12.3 Å². The Kier molecular flexibility index (Phi) is 2.97. The van der Waals surface area contributed by atoms with Crippen LogP contribution in [0.4, 0.5) is 15.9 Å². The number of nitrogens with two attached hydrogens (primary N) is 1. The first-order valence-corrected chi connectivity index (χ1v) is 5.20. The molecule has 6 nitrogen and oxygen atoms in total. The second-order valence-corrected chi connectivity index (χ2v) is 3.81. The normalized spacial score (nSPS) is 10.4. The maximum atomic E-state index is 13.6. The zero-order valence-electron chi connectivity index (χ0n) is 9.94. The van der Waals surface area contributed by atoms with Crippen molar-refractivity contribution in [3.63, 3.8) is 0 Å². The molecule has 0 aliphatic rings. The van der Waals surface area contributed by atoms with Gasteiger partial charge in [-0.05, 0) is 13.0 Å². The molecular formula is C11H12FN5O. The second kappa shape index (κ2) is 4.44. The monoisotopic (exact) mass is 249 g/mol. The molecule has 0 spiro atoms. The summed E-state index contributed by atoms with van der Waals surface area (Å²) >= 11 is 0. The van der Waals surface area contributed by atoms with Crippen LogP contribution in [0.25, 0.3) is 0 Å². The minimum Gasteiger partial charge on any atom is -0.381 e. The average Bonchev–Trinajstić information content (AvgIpc) is 2.61. The van der Waals surface area contributed by atoms with E-state index in [4.69, 9.17) is 5.73 Å². The number of nitrogens with zero attached hydrogens (tertiary/aromatic N) is 3. The molecule has 0 aliphatic heterocycles. The Balaban J connectivity index is 2.27. The summed E-state index contributed by atoms with van der Waals surface area (Å²) in [6.07, 6.45) is 2.92. The number of hydrogen-bond acceptors (Lipinski definition) is 4. The molecule has 0 aliphatic carbocycles. The molecule has 2 aromatic rings. The van der Waals surface area contributed by atoms with Crippen molar-refractivity contribution in [3.05, 3.63) is 35.5 Å². The van der Waals surface area contributed by atoms with Gasteiger partial charge in [-0.2, -0.15) is 5.10 Å². The first kappa shape index (κ1) is 12.0. The molecule has 0 atom stereocenters. The molecule has 1 amide bonds. The summed E-state index contributed by atoms with van der Waals surface area (Å²) in [5.74, 6) is -1.71. The summed E-state index contributed by atoms with van der Waals surface area (Å²) < 4.78 is 15.1. The van der Waals surface area contributed by atoms with Crippen molar-refractivity contribution in [1.29, 1.82) is 0 Å². The van der Waals surface area contributed by atoms with Crippen molar-refractivity contribution in [2.45, 2.75) is 6.92 Å². The molecule has 0 radical (unpaired) electrons. The zero-order valence-corrected chi connectivity index (χ0v) is 9.94. The molecular weight excluding hydrogens is 237 g/mol. The molecule has 0 fully saturated rings. The minimum absolute atomic E-state index is 0.147. The SMILES string of the molecule is Cc1nn(C)cc1NC(=O)c1ccnc(N)c1F. The number of aromatic nitrogens is 3. The molecule has 0 saturated heterocycles. The lowest BCUT2D eigenvalue weighted by Gasteiger charge is -2.05. The summed E-state index contributed by atoms with van der Waals surface area (Å²) in [7, 11) is 1.73. The van der Waals surface area contributed by atoms with Crippen LogP contribution in [-0.4, -0.2) is 20.7 Å². The first-order valence-electron chi connectivity index (χ1n) is 5.20. The van der Waals surface area contributed by atoms with E-state index in [9.17, 15) is 9.18 Å². The van der Waals surface area contributed by atoms with Crippen molar-refractivity contribution in [3.8, 4) is 0 Å². The third kappa shape index (κ3) is 2.15. The number of pyridine rings is 1. The molecule has 0 bridgehead atoms. The number of carbonyl (C=O) groups excluding carboxylic acids is 1. The van der Waals surface area contributed by atoms with E-state index >= 15 is 0 Å². The summed E-state index contributed by atoms with van der Waals surface area (Å²) in [4.78, 5) is 15.4. The summed E-state index contributed by atoms with van der Waals surface area (Å²) in [5, 5.41) is 6.64. The van der Waals surface area contributed by atoms with Crippen LogP contribution in [0, 0.1) is 12.7 Å². The minimum atomic E-state index is -0.823. The maximum absolute atomic E-state index is 13.6. The van der Waals surface area contributed by atoms with Gasteiger partial charge < -0.3 is 11.1 Å². The Labute approximate surface area is 103 Å². The van der Waals surface area contributed by atoms with Crippen LogP contribution < -0.4 is 11.1 Å². The first-order chi connectivity index (χ1) is 8.49. The average molecular weight is 249 g/mol. The molecule has 0 unspecified atom stereocenters. The highest BCUT2D eigenvalue weighted by atomic mass is 19.1. The number of nitrogen functional groups attached to an aromatic ring is 1. The van der Waals surface area contributed by atoms with E-state index in [2.05, 4.69) is 15.4 Å². The standard InChI is InChI=1S/C11H12FN5O/c1-6-8(5-17(2)16-6)15-11(18)7-3-4-14-10(13)9(7)12/h3-5H,1-2H3,(H2,13,14)(H,15,18). The highest BCUT2D eigenvalue weighted by Gasteiger charge is 2.16. The van der Waals surface area contributed by atoms with Gasteiger partial charge in [-0.25, -0.2) is 9.37 Å². The lowest BCUT2D eigenvalue weighted by molar-refractivity contribution is 0.102. The van der Waals surface area contributed by atoms with E-state index in [0.717, 1.165) is 0 Å². The van der Waals surface area contributed by atoms with Crippen LogP contribution in [0.3, 0.4) is 0 Å². The van der Waals surface area contributed by atoms with Gasteiger partial charge in [0.1, 0.15) is 0 Å². The highest BCUT2D eigenvalue weighted by molar-refractivity contribution is 6.05. The van der Waals surface area contributed by atoms with Crippen molar-refractivity contribution >= 4 is 17.4 Å². The fraction of sp³-hybridized carbons (Fsp3) is 0.182. The van der Waals surface area contributed by atoms with Gasteiger partial charge in [-0.3, -0.25) is 9.48 Å². The third-order valence-corrected chi connectivity index (χ3v) is 2.42. The number of carbonyl (C=O) groups is 1. The van der Waals surface area contributed by atoms with Crippen molar-refractivity contribution < 1.29 is 9.18 Å². The molecule has 94 valence electrons. The largest absolute Gasteiger partial charge is 0.381 e. The van der Waals surface area contributed by atoms with Crippen LogP contribution in [0.5, 0.6) is 0 Å². The Morgan fingerprint density at radius 3 is 2.89 bits per heavy atom. The van der Waals surface area contributed by atoms with Crippen LogP contribution in [0.15, 0.2) is 18.5 Å². The number of hydrogen-bond donors (Lipinski definition) is 2. The van der Waals surface area contributed by atoms with Crippen LogP contribution in [0.1, 0.15) is 16.1 Å². The molecule has 3 N–H and O–H groups in total. The second-order valence-electron chi connectivity index (χ2n) is 3.81. The molecule has 2 rings (SSSR count). The number of rotatable bonds is 2. The van der Waals surface area contributed by atoms with Crippen molar-refractivity contribution in [2.24, 2.45) is 7.05 Å². The number of amides is 1.